The van der Waals surface area contributed by atoms with Crippen LogP contribution < -0.4 is 0 Å². The van der Waals surface area contributed by atoms with E-state index in [9.17, 15) is 13.6 Å². The third-order valence-electron chi connectivity index (χ3n) is 4.34. The Hall–Kier alpha value is -2.21. The first-order valence-electron chi connectivity index (χ1n) is 7.56. The van der Waals surface area contributed by atoms with Gasteiger partial charge in [0.1, 0.15) is 6.26 Å². The number of halogens is 2. The zero-order valence-corrected chi connectivity index (χ0v) is 12.8. The Labute approximate surface area is 133 Å². The molecule has 2 heterocycles. The van der Waals surface area contributed by atoms with Gasteiger partial charge in [0, 0.05) is 32.2 Å². The van der Waals surface area contributed by atoms with Gasteiger partial charge in [0.15, 0.2) is 11.6 Å². The maximum Gasteiger partial charge on any atom is 0.257 e. The van der Waals surface area contributed by atoms with Gasteiger partial charge in [0.2, 0.25) is 0 Å². The molecule has 0 spiro atoms. The van der Waals surface area contributed by atoms with Crippen LogP contribution in [0.3, 0.4) is 0 Å². The molecular weight excluding hydrogens is 302 g/mol. The minimum atomic E-state index is -0.837. The van der Waals surface area contributed by atoms with Crippen LogP contribution in [0.4, 0.5) is 8.78 Å². The van der Waals surface area contributed by atoms with Crippen LogP contribution in [0.2, 0.25) is 0 Å². The highest BCUT2D eigenvalue weighted by atomic mass is 19.2. The van der Waals surface area contributed by atoms with Crippen LogP contribution in [0.1, 0.15) is 28.9 Å². The molecular formula is C17H18F2N2O2. The molecule has 0 saturated carbocycles. The van der Waals surface area contributed by atoms with Crippen LogP contribution in [0.5, 0.6) is 0 Å². The Morgan fingerprint density at radius 1 is 1.13 bits per heavy atom. The quantitative estimate of drug-likeness (QED) is 0.872. The molecule has 1 aromatic carbocycles. The molecule has 122 valence electrons. The predicted molar refractivity (Wildman–Crippen MR) is 81.0 cm³/mol. The lowest BCUT2D eigenvalue weighted by molar-refractivity contribution is 0.0581. The number of furan rings is 1. The lowest BCUT2D eigenvalue weighted by Crippen LogP contribution is -2.49. The largest absolute Gasteiger partial charge is 0.472 e. The van der Waals surface area contributed by atoms with Gasteiger partial charge in [-0.2, -0.15) is 0 Å². The van der Waals surface area contributed by atoms with E-state index >= 15 is 0 Å². The highest BCUT2D eigenvalue weighted by Crippen LogP contribution is 2.23. The number of hydrogen-bond acceptors (Lipinski definition) is 3. The number of carbonyl (C=O) groups is 1. The summed E-state index contributed by atoms with van der Waals surface area (Å²) in [7, 11) is 0. The molecule has 1 atom stereocenters. The van der Waals surface area contributed by atoms with E-state index in [-0.39, 0.29) is 11.9 Å². The Bertz CT molecular complexity index is 680. The van der Waals surface area contributed by atoms with Crippen LogP contribution in [0, 0.1) is 11.6 Å². The molecule has 1 aliphatic rings. The van der Waals surface area contributed by atoms with Gasteiger partial charge in [-0.3, -0.25) is 9.69 Å². The maximum atomic E-state index is 13.4. The molecule has 0 N–H and O–H groups in total. The number of carbonyl (C=O) groups excluding carboxylic acids is 1. The Morgan fingerprint density at radius 3 is 2.48 bits per heavy atom. The third kappa shape index (κ3) is 3.27. The number of benzene rings is 1. The van der Waals surface area contributed by atoms with E-state index in [1.807, 2.05) is 6.92 Å². The summed E-state index contributed by atoms with van der Waals surface area (Å²) < 4.78 is 31.4. The van der Waals surface area contributed by atoms with Crippen molar-refractivity contribution in [3.63, 3.8) is 0 Å². The summed E-state index contributed by atoms with van der Waals surface area (Å²) >= 11 is 0. The summed E-state index contributed by atoms with van der Waals surface area (Å²) in [5.74, 6) is -1.71. The highest BCUT2D eigenvalue weighted by Gasteiger charge is 2.26. The van der Waals surface area contributed by atoms with Gasteiger partial charge in [-0.05, 0) is 30.7 Å². The van der Waals surface area contributed by atoms with Gasteiger partial charge >= 0.3 is 0 Å². The van der Waals surface area contributed by atoms with E-state index in [4.69, 9.17) is 4.42 Å². The van der Waals surface area contributed by atoms with E-state index in [0.717, 1.165) is 11.6 Å². The first-order chi connectivity index (χ1) is 11.1. The Kier molecular flexibility index (Phi) is 4.43. The van der Waals surface area contributed by atoms with Crippen molar-refractivity contribution in [2.75, 3.05) is 26.2 Å². The van der Waals surface area contributed by atoms with E-state index in [0.29, 0.717) is 31.7 Å². The van der Waals surface area contributed by atoms with Crippen LogP contribution >= 0.6 is 0 Å². The van der Waals surface area contributed by atoms with Gasteiger partial charge < -0.3 is 9.32 Å². The molecule has 2 aromatic rings. The van der Waals surface area contributed by atoms with E-state index in [1.165, 1.54) is 18.6 Å². The van der Waals surface area contributed by atoms with Crippen LogP contribution in [-0.4, -0.2) is 41.9 Å². The molecule has 0 radical (unpaired) electrons. The number of nitrogens with zero attached hydrogens (tertiary/aromatic N) is 2. The second-order valence-corrected chi connectivity index (χ2v) is 5.69. The summed E-state index contributed by atoms with van der Waals surface area (Å²) in [5.41, 5.74) is 1.28. The molecule has 6 heteroatoms. The van der Waals surface area contributed by atoms with Crippen LogP contribution in [0.25, 0.3) is 0 Å². The van der Waals surface area contributed by atoms with Gasteiger partial charge in [0.25, 0.3) is 5.91 Å². The lowest BCUT2D eigenvalue weighted by Gasteiger charge is -2.38. The van der Waals surface area contributed by atoms with Gasteiger partial charge in [-0.25, -0.2) is 8.78 Å². The number of amides is 1. The summed E-state index contributed by atoms with van der Waals surface area (Å²) in [6, 6.07) is 5.62. The standard InChI is InChI=1S/C17H18F2N2O2/c1-12(13-2-3-15(18)16(19)10-13)20-5-7-21(8-6-20)17(22)14-4-9-23-11-14/h2-4,9-12H,5-8H2,1H3/t12-/m1/s1. The van der Waals surface area contributed by atoms with Crippen molar-refractivity contribution < 1.29 is 18.0 Å². The molecule has 1 amide bonds. The summed E-state index contributed by atoms with van der Waals surface area (Å²) in [6.45, 7) is 4.52. The minimum Gasteiger partial charge on any atom is -0.472 e. The van der Waals surface area contributed by atoms with Crippen LogP contribution in [-0.2, 0) is 0 Å². The molecule has 0 bridgehead atoms. The minimum absolute atomic E-state index is 0.0312. The SMILES string of the molecule is C[C@H](c1ccc(F)c(F)c1)N1CCN(C(=O)c2ccoc2)CC1. The average molecular weight is 320 g/mol. The number of piperazine rings is 1. The Morgan fingerprint density at radius 2 is 1.87 bits per heavy atom. The fraction of sp³-hybridized carbons (Fsp3) is 0.353. The fourth-order valence-corrected chi connectivity index (χ4v) is 2.86. The predicted octanol–water partition coefficient (Wildman–Crippen LogP) is 3.08. The van der Waals surface area contributed by atoms with Crippen molar-refractivity contribution in [2.45, 2.75) is 13.0 Å². The number of hydrogen-bond donors (Lipinski definition) is 0. The maximum absolute atomic E-state index is 13.4. The van der Waals surface area contributed by atoms with Crippen molar-refractivity contribution in [1.82, 2.24) is 9.80 Å². The normalized spacial score (nSPS) is 17.3. The molecule has 1 aromatic heterocycles. The molecule has 4 nitrogen and oxygen atoms in total. The smallest absolute Gasteiger partial charge is 0.257 e. The number of rotatable bonds is 3. The first-order valence-corrected chi connectivity index (χ1v) is 7.56. The first kappa shape index (κ1) is 15.7. The summed E-state index contributed by atoms with van der Waals surface area (Å²) in [5, 5.41) is 0. The summed E-state index contributed by atoms with van der Waals surface area (Å²) in [6.07, 6.45) is 2.92. The fourth-order valence-electron chi connectivity index (χ4n) is 2.86. The molecule has 1 aliphatic heterocycles. The molecule has 3 rings (SSSR count). The van der Waals surface area contributed by atoms with Crippen molar-refractivity contribution >= 4 is 5.91 Å². The van der Waals surface area contributed by atoms with Crippen molar-refractivity contribution in [1.29, 1.82) is 0 Å². The third-order valence-corrected chi connectivity index (χ3v) is 4.34. The van der Waals surface area contributed by atoms with E-state index in [1.54, 1.807) is 17.0 Å². The molecule has 23 heavy (non-hydrogen) atoms. The van der Waals surface area contributed by atoms with Gasteiger partial charge in [0.05, 0.1) is 11.8 Å². The van der Waals surface area contributed by atoms with Gasteiger partial charge in [-0.15, -0.1) is 0 Å². The summed E-state index contributed by atoms with van der Waals surface area (Å²) in [4.78, 5) is 16.2. The van der Waals surface area contributed by atoms with Crippen LogP contribution in [0.15, 0.2) is 41.2 Å². The Balaban J connectivity index is 1.62. The second-order valence-electron chi connectivity index (χ2n) is 5.69. The molecule has 0 aliphatic carbocycles. The molecule has 0 unspecified atom stereocenters. The van der Waals surface area contributed by atoms with E-state index < -0.39 is 11.6 Å². The molecule has 1 fully saturated rings. The zero-order chi connectivity index (χ0) is 16.4. The average Bonchev–Trinajstić information content (AvgIpc) is 3.11. The van der Waals surface area contributed by atoms with E-state index in [2.05, 4.69) is 4.90 Å². The zero-order valence-electron chi connectivity index (χ0n) is 12.8. The topological polar surface area (TPSA) is 36.7 Å². The van der Waals surface area contributed by atoms with Crippen molar-refractivity contribution in [3.8, 4) is 0 Å². The molecule has 1 saturated heterocycles. The monoisotopic (exact) mass is 320 g/mol. The lowest BCUT2D eigenvalue weighted by atomic mass is 10.1. The highest BCUT2D eigenvalue weighted by molar-refractivity contribution is 5.93. The second kappa shape index (κ2) is 6.50. The van der Waals surface area contributed by atoms with Gasteiger partial charge in [-0.1, -0.05) is 6.07 Å². The van der Waals surface area contributed by atoms with Crippen molar-refractivity contribution in [2.24, 2.45) is 0 Å². The van der Waals surface area contributed by atoms with Crippen molar-refractivity contribution in [3.05, 3.63) is 59.6 Å².